The minimum atomic E-state index is -0.751. The van der Waals surface area contributed by atoms with Crippen LogP contribution in [0.4, 0.5) is 5.82 Å². The van der Waals surface area contributed by atoms with E-state index in [1.807, 2.05) is 42.3 Å². The van der Waals surface area contributed by atoms with Crippen LogP contribution in [0.15, 0.2) is 36.5 Å². The number of hydrogen-bond acceptors (Lipinski definition) is 5. The zero-order valence-electron chi connectivity index (χ0n) is 14.3. The number of rotatable bonds is 9. The van der Waals surface area contributed by atoms with Gasteiger partial charge in [0.05, 0.1) is 6.20 Å². The van der Waals surface area contributed by atoms with Crippen LogP contribution in [0.2, 0.25) is 0 Å². The van der Waals surface area contributed by atoms with Gasteiger partial charge in [-0.2, -0.15) is 5.10 Å². The van der Waals surface area contributed by atoms with Crippen molar-refractivity contribution in [3.63, 3.8) is 0 Å². The molecule has 25 heavy (non-hydrogen) atoms. The number of amidine groups is 1. The third kappa shape index (κ3) is 5.27. The Kier molecular flexibility index (Phi) is 6.45. The summed E-state index contributed by atoms with van der Waals surface area (Å²) in [6.07, 6.45) is 4.30. The van der Waals surface area contributed by atoms with E-state index in [1.54, 1.807) is 6.20 Å². The van der Waals surface area contributed by atoms with E-state index in [2.05, 4.69) is 10.2 Å². The molecule has 1 aromatic heterocycles. The number of anilines is 1. The second kappa shape index (κ2) is 8.77. The van der Waals surface area contributed by atoms with E-state index in [0.29, 0.717) is 12.0 Å². The highest BCUT2D eigenvalue weighted by Crippen LogP contribution is 2.28. The fourth-order valence-corrected chi connectivity index (χ4v) is 2.57. The molecular formula is C18H23N5O2. The van der Waals surface area contributed by atoms with Crippen molar-refractivity contribution in [3.8, 4) is 11.1 Å². The Morgan fingerprint density at radius 2 is 1.92 bits per heavy atom. The van der Waals surface area contributed by atoms with Crippen LogP contribution in [0.5, 0.6) is 0 Å². The lowest BCUT2D eigenvalue weighted by molar-refractivity contribution is -0.137. The molecule has 0 radical (unpaired) electrons. The lowest BCUT2D eigenvalue weighted by Gasteiger charge is -2.20. The average Bonchev–Trinajstić information content (AvgIpc) is 2.61. The lowest BCUT2D eigenvalue weighted by Crippen LogP contribution is -2.21. The average molecular weight is 341 g/mol. The number of nitrogen functional groups attached to an aromatic ring is 1. The third-order valence-electron chi connectivity index (χ3n) is 3.95. The van der Waals surface area contributed by atoms with Crippen molar-refractivity contribution in [1.29, 1.82) is 5.41 Å². The van der Waals surface area contributed by atoms with E-state index in [4.69, 9.17) is 16.2 Å². The molecule has 0 spiro atoms. The predicted octanol–water partition coefficient (Wildman–Crippen LogP) is 2.51. The number of carboxylic acid groups (broad SMARTS) is 1. The normalized spacial score (nSPS) is 10.4. The molecule has 132 valence electrons. The van der Waals surface area contributed by atoms with Crippen LogP contribution in [0.3, 0.4) is 0 Å². The number of benzene rings is 1. The van der Waals surface area contributed by atoms with Gasteiger partial charge >= 0.3 is 5.97 Å². The fourth-order valence-electron chi connectivity index (χ4n) is 2.57. The zero-order chi connectivity index (χ0) is 18.2. The smallest absolute Gasteiger partial charge is 0.303 e. The summed E-state index contributed by atoms with van der Waals surface area (Å²) in [7, 11) is 1.95. The Labute approximate surface area is 147 Å². The van der Waals surface area contributed by atoms with Crippen LogP contribution in [0.25, 0.3) is 11.1 Å². The van der Waals surface area contributed by atoms with Crippen molar-refractivity contribution in [2.75, 3.05) is 18.5 Å². The number of nitrogens with two attached hydrogens (primary N) is 1. The standard InChI is InChI=1S/C18H23N5O2/c1-23(12-4-2-3-5-16(24)25)18-15(10-11-21-22-18)13-6-8-14(9-7-13)17(19)20/h6-11H,2-5,12H2,1H3,(H3,19,20)(H,24,25). The molecule has 0 fully saturated rings. The first-order chi connectivity index (χ1) is 12.0. The number of aromatic nitrogens is 2. The number of nitrogens with zero attached hydrogens (tertiary/aromatic N) is 3. The van der Waals surface area contributed by atoms with E-state index in [1.165, 1.54) is 0 Å². The van der Waals surface area contributed by atoms with Crippen LogP contribution >= 0.6 is 0 Å². The molecule has 1 aromatic carbocycles. The summed E-state index contributed by atoms with van der Waals surface area (Å²) in [4.78, 5) is 12.6. The highest BCUT2D eigenvalue weighted by Gasteiger charge is 2.11. The van der Waals surface area contributed by atoms with Crippen LogP contribution in [0.1, 0.15) is 31.2 Å². The van der Waals surface area contributed by atoms with Gasteiger partial charge in [-0.15, -0.1) is 5.10 Å². The summed E-state index contributed by atoms with van der Waals surface area (Å²) in [5.41, 5.74) is 8.11. The van der Waals surface area contributed by atoms with E-state index in [9.17, 15) is 4.79 Å². The van der Waals surface area contributed by atoms with Gasteiger partial charge in [0.15, 0.2) is 5.82 Å². The van der Waals surface area contributed by atoms with Crippen molar-refractivity contribution in [3.05, 3.63) is 42.1 Å². The quantitative estimate of drug-likeness (QED) is 0.366. The highest BCUT2D eigenvalue weighted by atomic mass is 16.4. The second-order valence-electron chi connectivity index (χ2n) is 5.89. The number of hydrogen-bond donors (Lipinski definition) is 3. The van der Waals surface area contributed by atoms with Crippen molar-refractivity contribution < 1.29 is 9.90 Å². The Morgan fingerprint density at radius 3 is 2.56 bits per heavy atom. The Morgan fingerprint density at radius 1 is 1.20 bits per heavy atom. The van der Waals surface area contributed by atoms with Gasteiger partial charge in [-0.3, -0.25) is 10.2 Å². The minimum absolute atomic E-state index is 0.0399. The Balaban J connectivity index is 2.06. The molecule has 7 heteroatoms. The maximum Gasteiger partial charge on any atom is 0.303 e. The fraction of sp³-hybridized carbons (Fsp3) is 0.333. The van der Waals surface area contributed by atoms with Crippen molar-refractivity contribution >= 4 is 17.6 Å². The number of unbranched alkanes of at least 4 members (excludes halogenated alkanes) is 2. The Hall–Kier alpha value is -2.96. The van der Waals surface area contributed by atoms with Crippen LogP contribution in [-0.4, -0.2) is 40.7 Å². The molecule has 0 aliphatic heterocycles. The van der Waals surface area contributed by atoms with Gasteiger partial charge in [-0.1, -0.05) is 30.7 Å². The number of aliphatic carboxylic acids is 1. The van der Waals surface area contributed by atoms with Crippen molar-refractivity contribution in [2.45, 2.75) is 25.7 Å². The molecule has 0 atom stereocenters. The van der Waals surface area contributed by atoms with Gasteiger partial charge < -0.3 is 15.7 Å². The predicted molar refractivity (Wildman–Crippen MR) is 97.9 cm³/mol. The van der Waals surface area contributed by atoms with Gasteiger partial charge in [0.2, 0.25) is 0 Å². The van der Waals surface area contributed by atoms with Crippen LogP contribution in [0, 0.1) is 5.41 Å². The van der Waals surface area contributed by atoms with Gasteiger partial charge in [0.1, 0.15) is 5.84 Å². The first-order valence-electron chi connectivity index (χ1n) is 8.18. The molecular weight excluding hydrogens is 318 g/mol. The van der Waals surface area contributed by atoms with E-state index >= 15 is 0 Å². The number of carboxylic acids is 1. The van der Waals surface area contributed by atoms with Gasteiger partial charge in [0, 0.05) is 31.1 Å². The summed E-state index contributed by atoms with van der Waals surface area (Å²) in [6, 6.07) is 9.36. The summed E-state index contributed by atoms with van der Waals surface area (Å²) in [6.45, 7) is 0.775. The molecule has 0 aliphatic carbocycles. The summed E-state index contributed by atoms with van der Waals surface area (Å²) in [5, 5.41) is 24.4. The van der Waals surface area contributed by atoms with Crippen molar-refractivity contribution in [1.82, 2.24) is 10.2 Å². The van der Waals surface area contributed by atoms with E-state index in [-0.39, 0.29) is 12.3 Å². The molecule has 1 heterocycles. The summed E-state index contributed by atoms with van der Waals surface area (Å²) >= 11 is 0. The maximum absolute atomic E-state index is 10.5. The second-order valence-corrected chi connectivity index (χ2v) is 5.89. The SMILES string of the molecule is CN(CCCCCC(=O)O)c1nnccc1-c1ccc(C(=N)N)cc1. The summed E-state index contributed by atoms with van der Waals surface area (Å²) < 4.78 is 0. The molecule has 2 rings (SSSR count). The van der Waals surface area contributed by atoms with E-state index < -0.39 is 5.97 Å². The topological polar surface area (TPSA) is 116 Å². The molecule has 0 bridgehead atoms. The zero-order valence-corrected chi connectivity index (χ0v) is 14.3. The van der Waals surface area contributed by atoms with Gasteiger partial charge in [-0.25, -0.2) is 0 Å². The number of nitrogens with one attached hydrogen (secondary N) is 1. The molecule has 0 unspecified atom stereocenters. The molecule has 2 aromatic rings. The lowest BCUT2D eigenvalue weighted by atomic mass is 10.0. The third-order valence-corrected chi connectivity index (χ3v) is 3.95. The van der Waals surface area contributed by atoms with E-state index in [0.717, 1.165) is 36.3 Å². The van der Waals surface area contributed by atoms with Gasteiger partial charge in [-0.05, 0) is 24.5 Å². The summed E-state index contributed by atoms with van der Waals surface area (Å²) in [5.74, 6) is 0.0630. The molecule has 0 amide bonds. The van der Waals surface area contributed by atoms with Crippen LogP contribution < -0.4 is 10.6 Å². The Bertz CT molecular complexity index is 731. The minimum Gasteiger partial charge on any atom is -0.481 e. The van der Waals surface area contributed by atoms with Gasteiger partial charge in [0.25, 0.3) is 0 Å². The molecule has 0 saturated heterocycles. The molecule has 4 N–H and O–H groups in total. The first-order valence-corrected chi connectivity index (χ1v) is 8.18. The molecule has 0 aliphatic rings. The maximum atomic E-state index is 10.5. The molecule has 0 saturated carbocycles. The monoisotopic (exact) mass is 341 g/mol. The highest BCUT2D eigenvalue weighted by molar-refractivity contribution is 5.95. The van der Waals surface area contributed by atoms with Crippen molar-refractivity contribution in [2.24, 2.45) is 5.73 Å². The van der Waals surface area contributed by atoms with Crippen LogP contribution in [-0.2, 0) is 4.79 Å². The number of carbonyl (C=O) groups is 1. The first kappa shape index (κ1) is 18.4. The largest absolute Gasteiger partial charge is 0.481 e. The molecule has 7 nitrogen and oxygen atoms in total.